The average molecular weight is 319 g/mol. The Kier molecular flexibility index (Phi) is 4.32. The Morgan fingerprint density at radius 3 is 2.57 bits per heavy atom. The van der Waals surface area contributed by atoms with Gasteiger partial charge in [-0.15, -0.1) is 0 Å². The van der Waals surface area contributed by atoms with E-state index in [1.54, 1.807) is 12.1 Å². The van der Waals surface area contributed by atoms with Crippen molar-refractivity contribution in [2.24, 2.45) is 0 Å². The SMILES string of the molecule is O=C(Cc1ccc(Cl)cc1Cl)c1cccc(C2CCC2)c1. The number of rotatable bonds is 4. The van der Waals surface area contributed by atoms with Crippen molar-refractivity contribution in [3.63, 3.8) is 0 Å². The number of Topliss-reactive ketones (excluding diaryl/α,β-unsaturated/α-hetero) is 1. The molecular weight excluding hydrogens is 303 g/mol. The zero-order chi connectivity index (χ0) is 14.8. The van der Waals surface area contributed by atoms with Crippen molar-refractivity contribution in [2.45, 2.75) is 31.6 Å². The largest absolute Gasteiger partial charge is 0.294 e. The first-order chi connectivity index (χ1) is 10.1. The molecule has 2 aromatic rings. The lowest BCUT2D eigenvalue weighted by Crippen LogP contribution is -2.10. The van der Waals surface area contributed by atoms with Gasteiger partial charge in [0, 0.05) is 22.0 Å². The van der Waals surface area contributed by atoms with E-state index < -0.39 is 0 Å². The second-order valence-corrected chi connectivity index (χ2v) is 6.43. The molecule has 0 spiro atoms. The van der Waals surface area contributed by atoms with Crippen LogP contribution in [0.1, 0.15) is 46.7 Å². The number of hydrogen-bond acceptors (Lipinski definition) is 1. The molecule has 1 aliphatic rings. The predicted molar refractivity (Wildman–Crippen MR) is 87.5 cm³/mol. The van der Waals surface area contributed by atoms with Crippen molar-refractivity contribution in [1.29, 1.82) is 0 Å². The molecule has 0 unspecified atom stereocenters. The molecule has 1 nitrogen and oxygen atoms in total. The topological polar surface area (TPSA) is 17.1 Å². The highest BCUT2D eigenvalue weighted by Crippen LogP contribution is 2.36. The molecule has 2 aromatic carbocycles. The van der Waals surface area contributed by atoms with Crippen LogP contribution in [0.4, 0.5) is 0 Å². The third-order valence-corrected chi connectivity index (χ3v) is 4.74. The van der Waals surface area contributed by atoms with Crippen LogP contribution in [0.5, 0.6) is 0 Å². The van der Waals surface area contributed by atoms with Gasteiger partial charge in [-0.25, -0.2) is 0 Å². The van der Waals surface area contributed by atoms with Crippen LogP contribution in [0.15, 0.2) is 42.5 Å². The van der Waals surface area contributed by atoms with Gasteiger partial charge in [0.2, 0.25) is 0 Å². The fourth-order valence-corrected chi connectivity index (χ4v) is 3.12. The van der Waals surface area contributed by atoms with Crippen LogP contribution >= 0.6 is 23.2 Å². The highest BCUT2D eigenvalue weighted by atomic mass is 35.5. The van der Waals surface area contributed by atoms with Crippen molar-refractivity contribution < 1.29 is 4.79 Å². The van der Waals surface area contributed by atoms with Crippen LogP contribution in [-0.4, -0.2) is 5.78 Å². The summed E-state index contributed by atoms with van der Waals surface area (Å²) in [5.41, 5.74) is 2.87. The van der Waals surface area contributed by atoms with E-state index in [1.165, 1.54) is 24.8 Å². The summed E-state index contributed by atoms with van der Waals surface area (Å²) in [6.07, 6.45) is 4.08. The number of carbonyl (C=O) groups is 1. The maximum atomic E-state index is 12.4. The minimum atomic E-state index is 0.0976. The van der Waals surface area contributed by atoms with Crippen molar-refractivity contribution >= 4 is 29.0 Å². The molecule has 1 saturated carbocycles. The molecule has 3 heteroatoms. The molecule has 0 N–H and O–H groups in total. The number of halogens is 2. The monoisotopic (exact) mass is 318 g/mol. The second-order valence-electron chi connectivity index (χ2n) is 5.59. The standard InChI is InChI=1S/C18H16Cl2O/c19-16-8-7-14(17(20)11-16)10-18(21)15-6-2-5-13(9-15)12-3-1-4-12/h2,5-9,11-12H,1,3-4,10H2. The summed E-state index contributed by atoms with van der Waals surface area (Å²) in [6.45, 7) is 0. The molecule has 0 saturated heterocycles. The third kappa shape index (κ3) is 3.30. The first-order valence-corrected chi connectivity index (χ1v) is 7.96. The molecule has 0 aromatic heterocycles. The summed E-state index contributed by atoms with van der Waals surface area (Å²) in [7, 11) is 0. The summed E-state index contributed by atoms with van der Waals surface area (Å²) >= 11 is 12.0. The molecule has 0 radical (unpaired) electrons. The first-order valence-electron chi connectivity index (χ1n) is 7.20. The third-order valence-electron chi connectivity index (χ3n) is 4.15. The summed E-state index contributed by atoms with van der Waals surface area (Å²) < 4.78 is 0. The zero-order valence-corrected chi connectivity index (χ0v) is 13.1. The molecule has 0 heterocycles. The average Bonchev–Trinajstić information content (AvgIpc) is 2.40. The van der Waals surface area contributed by atoms with Crippen LogP contribution in [0.2, 0.25) is 10.0 Å². The first kappa shape index (κ1) is 14.6. The molecule has 0 aliphatic heterocycles. The van der Waals surface area contributed by atoms with E-state index >= 15 is 0 Å². The van der Waals surface area contributed by atoms with Gasteiger partial charge in [0.05, 0.1) is 0 Å². The maximum absolute atomic E-state index is 12.4. The number of ketones is 1. The van der Waals surface area contributed by atoms with Gasteiger partial charge in [-0.05, 0) is 48.1 Å². The molecule has 0 atom stereocenters. The van der Waals surface area contributed by atoms with E-state index in [0.29, 0.717) is 22.4 Å². The highest BCUT2D eigenvalue weighted by Gasteiger charge is 2.20. The minimum absolute atomic E-state index is 0.0976. The Bertz CT molecular complexity index is 675. The van der Waals surface area contributed by atoms with E-state index in [9.17, 15) is 4.79 Å². The van der Waals surface area contributed by atoms with E-state index in [0.717, 1.165) is 11.1 Å². The quantitative estimate of drug-likeness (QED) is 0.662. The van der Waals surface area contributed by atoms with Crippen molar-refractivity contribution in [1.82, 2.24) is 0 Å². The number of hydrogen-bond donors (Lipinski definition) is 0. The van der Waals surface area contributed by atoms with Gasteiger partial charge in [0.15, 0.2) is 5.78 Å². The van der Waals surface area contributed by atoms with Gasteiger partial charge in [-0.2, -0.15) is 0 Å². The summed E-state index contributed by atoms with van der Waals surface area (Å²) in [5.74, 6) is 0.734. The number of carbonyl (C=O) groups excluding carboxylic acids is 1. The maximum Gasteiger partial charge on any atom is 0.167 e. The van der Waals surface area contributed by atoms with Gasteiger partial charge in [-0.1, -0.05) is 53.9 Å². The van der Waals surface area contributed by atoms with Gasteiger partial charge in [0.1, 0.15) is 0 Å². The number of benzene rings is 2. The molecule has 0 amide bonds. The molecule has 108 valence electrons. The van der Waals surface area contributed by atoms with Gasteiger partial charge < -0.3 is 0 Å². The molecule has 3 rings (SSSR count). The van der Waals surface area contributed by atoms with E-state index in [4.69, 9.17) is 23.2 Å². The lowest BCUT2D eigenvalue weighted by Gasteiger charge is -2.26. The summed E-state index contributed by atoms with van der Waals surface area (Å²) in [4.78, 5) is 12.4. The lowest BCUT2D eigenvalue weighted by atomic mass is 9.79. The fraction of sp³-hybridized carbons (Fsp3) is 0.278. The molecule has 21 heavy (non-hydrogen) atoms. The Morgan fingerprint density at radius 1 is 1.10 bits per heavy atom. The Morgan fingerprint density at radius 2 is 1.90 bits per heavy atom. The van der Waals surface area contributed by atoms with E-state index in [1.807, 2.05) is 24.3 Å². The summed E-state index contributed by atoms with van der Waals surface area (Å²) in [6, 6.07) is 13.3. The normalized spacial score (nSPS) is 14.8. The van der Waals surface area contributed by atoms with Gasteiger partial charge >= 0.3 is 0 Å². The van der Waals surface area contributed by atoms with Gasteiger partial charge in [-0.3, -0.25) is 4.79 Å². The van der Waals surface area contributed by atoms with Crippen molar-refractivity contribution in [3.8, 4) is 0 Å². The van der Waals surface area contributed by atoms with Crippen LogP contribution in [-0.2, 0) is 6.42 Å². The van der Waals surface area contributed by atoms with Crippen LogP contribution in [0.3, 0.4) is 0 Å². The van der Waals surface area contributed by atoms with Crippen molar-refractivity contribution in [3.05, 3.63) is 69.2 Å². The Hall–Kier alpha value is -1.31. The molecule has 0 bridgehead atoms. The zero-order valence-electron chi connectivity index (χ0n) is 11.6. The Labute approximate surface area is 134 Å². The van der Waals surface area contributed by atoms with Crippen molar-refractivity contribution in [2.75, 3.05) is 0 Å². The molecule has 1 aliphatic carbocycles. The molecular formula is C18H16Cl2O. The molecule has 1 fully saturated rings. The Balaban J connectivity index is 1.78. The van der Waals surface area contributed by atoms with Crippen LogP contribution in [0, 0.1) is 0 Å². The van der Waals surface area contributed by atoms with Crippen LogP contribution in [0.25, 0.3) is 0 Å². The van der Waals surface area contributed by atoms with E-state index in [-0.39, 0.29) is 5.78 Å². The lowest BCUT2D eigenvalue weighted by molar-refractivity contribution is 0.0993. The summed E-state index contributed by atoms with van der Waals surface area (Å²) in [5, 5.41) is 1.13. The van der Waals surface area contributed by atoms with Gasteiger partial charge in [0.25, 0.3) is 0 Å². The van der Waals surface area contributed by atoms with Crippen LogP contribution < -0.4 is 0 Å². The fourth-order valence-electron chi connectivity index (χ4n) is 2.65. The minimum Gasteiger partial charge on any atom is -0.294 e. The highest BCUT2D eigenvalue weighted by molar-refractivity contribution is 6.35. The smallest absolute Gasteiger partial charge is 0.167 e. The van der Waals surface area contributed by atoms with E-state index in [2.05, 4.69) is 6.07 Å². The second kappa shape index (κ2) is 6.21. The predicted octanol–water partition coefficient (Wildman–Crippen LogP) is 5.69.